The number of ether oxygens (including phenoxy) is 2. The summed E-state index contributed by atoms with van der Waals surface area (Å²) in [6, 6.07) is 0.886. The summed E-state index contributed by atoms with van der Waals surface area (Å²) in [5, 5.41) is -0.260. The summed E-state index contributed by atoms with van der Waals surface area (Å²) in [7, 11) is 1.15. The number of carbonyl (C=O) groups is 2. The Bertz CT molecular complexity index is 555. The van der Waals surface area contributed by atoms with Crippen LogP contribution in [0, 0.1) is 5.82 Å². The minimum atomic E-state index is -1.85. The van der Waals surface area contributed by atoms with Crippen LogP contribution in [0.1, 0.15) is 25.2 Å². The average Bonchev–Trinajstić information content (AvgIpc) is 2.32. The number of halogens is 3. The van der Waals surface area contributed by atoms with Crippen molar-refractivity contribution >= 4 is 39.5 Å². The SMILES string of the molecule is [2H][C@](C)(CC(=O)OC)OC(=O)c1nc(Br)c(F)cc1Cl. The van der Waals surface area contributed by atoms with Gasteiger partial charge in [-0.3, -0.25) is 4.79 Å². The highest BCUT2D eigenvalue weighted by molar-refractivity contribution is 9.10. The molecule has 0 aliphatic rings. The first-order valence-electron chi connectivity index (χ1n) is 5.48. The van der Waals surface area contributed by atoms with E-state index in [1.165, 1.54) is 6.92 Å². The molecule has 0 saturated carbocycles. The van der Waals surface area contributed by atoms with Crippen molar-refractivity contribution in [3.63, 3.8) is 0 Å². The minimum absolute atomic E-state index is 0.214. The topological polar surface area (TPSA) is 65.5 Å². The van der Waals surface area contributed by atoms with Gasteiger partial charge < -0.3 is 9.47 Å². The first-order chi connectivity index (χ1) is 9.16. The van der Waals surface area contributed by atoms with E-state index in [1.807, 2.05) is 0 Å². The van der Waals surface area contributed by atoms with Crippen molar-refractivity contribution in [2.75, 3.05) is 7.11 Å². The Morgan fingerprint density at radius 2 is 2.32 bits per heavy atom. The molecule has 19 heavy (non-hydrogen) atoms. The predicted octanol–water partition coefficient (Wildman–Crippen LogP) is 2.75. The van der Waals surface area contributed by atoms with Gasteiger partial charge in [0.1, 0.15) is 10.7 Å². The molecule has 0 unspecified atom stereocenters. The van der Waals surface area contributed by atoms with Gasteiger partial charge in [0, 0.05) is 0 Å². The van der Waals surface area contributed by atoms with Gasteiger partial charge in [-0.25, -0.2) is 14.2 Å². The smallest absolute Gasteiger partial charge is 0.358 e. The lowest BCUT2D eigenvalue weighted by atomic mass is 10.3. The number of nitrogens with zero attached hydrogens (tertiary/aromatic N) is 1. The molecule has 0 N–H and O–H groups in total. The Balaban J connectivity index is 2.91. The van der Waals surface area contributed by atoms with Crippen molar-refractivity contribution < 1.29 is 24.8 Å². The number of hydrogen-bond donors (Lipinski definition) is 0. The van der Waals surface area contributed by atoms with E-state index < -0.39 is 30.3 Å². The van der Waals surface area contributed by atoms with E-state index in [4.69, 9.17) is 17.7 Å². The van der Waals surface area contributed by atoms with Gasteiger partial charge in [0.2, 0.25) is 0 Å². The number of rotatable bonds is 4. The summed E-state index contributed by atoms with van der Waals surface area (Å²) in [4.78, 5) is 26.5. The second-order valence-corrected chi connectivity index (χ2v) is 4.59. The number of carbonyl (C=O) groups excluding carboxylic acids is 2. The standard InChI is InChI=1S/C11H10BrClFNO4/c1-5(3-8(16)18-2)19-11(17)9-6(13)4-7(14)10(12)15-9/h4-5H,3H2,1-2H3/t5-/m0/s1/i5D. The molecule has 1 heterocycles. The van der Waals surface area contributed by atoms with Gasteiger partial charge in [-0.2, -0.15) is 0 Å². The maximum absolute atomic E-state index is 13.1. The zero-order valence-electron chi connectivity index (χ0n) is 11.0. The van der Waals surface area contributed by atoms with Gasteiger partial charge in [-0.1, -0.05) is 11.6 Å². The quantitative estimate of drug-likeness (QED) is 0.614. The van der Waals surface area contributed by atoms with Crippen molar-refractivity contribution in [3.05, 3.63) is 27.2 Å². The number of aromatic nitrogens is 1. The Kier molecular flexibility index (Phi) is 5.09. The fourth-order valence-electron chi connectivity index (χ4n) is 1.11. The molecule has 0 aromatic carbocycles. The second kappa shape index (κ2) is 6.81. The Hall–Kier alpha value is -1.21. The summed E-state index contributed by atoms with van der Waals surface area (Å²) in [5.41, 5.74) is -0.358. The predicted molar refractivity (Wildman–Crippen MR) is 68.4 cm³/mol. The van der Waals surface area contributed by atoms with Gasteiger partial charge in [0.25, 0.3) is 0 Å². The van der Waals surface area contributed by atoms with Crippen LogP contribution in [0.15, 0.2) is 10.7 Å². The molecule has 0 spiro atoms. The average molecular weight is 356 g/mol. The highest BCUT2D eigenvalue weighted by Crippen LogP contribution is 2.22. The van der Waals surface area contributed by atoms with Crippen molar-refractivity contribution in [2.45, 2.75) is 19.4 Å². The molecule has 0 bridgehead atoms. The number of hydrogen-bond acceptors (Lipinski definition) is 5. The third-order valence-electron chi connectivity index (χ3n) is 1.97. The van der Waals surface area contributed by atoms with E-state index in [0.717, 1.165) is 13.2 Å². The highest BCUT2D eigenvalue weighted by atomic mass is 79.9. The largest absolute Gasteiger partial charge is 0.469 e. The van der Waals surface area contributed by atoms with Gasteiger partial charge in [-0.15, -0.1) is 0 Å². The van der Waals surface area contributed by atoms with Crippen LogP contribution in [-0.4, -0.2) is 30.1 Å². The number of pyridine rings is 1. The molecule has 104 valence electrons. The van der Waals surface area contributed by atoms with Crippen LogP contribution < -0.4 is 0 Å². The van der Waals surface area contributed by atoms with Crippen molar-refractivity contribution in [1.29, 1.82) is 0 Å². The fraction of sp³-hybridized carbons (Fsp3) is 0.364. The number of esters is 2. The molecule has 0 amide bonds. The fourth-order valence-corrected chi connectivity index (χ4v) is 1.61. The first kappa shape index (κ1) is 14.2. The summed E-state index contributed by atoms with van der Waals surface area (Å²) < 4.78 is 29.8. The maximum atomic E-state index is 13.1. The van der Waals surface area contributed by atoms with E-state index in [1.54, 1.807) is 0 Å². The van der Waals surface area contributed by atoms with Crippen molar-refractivity contribution in [1.82, 2.24) is 4.98 Å². The van der Waals surface area contributed by atoms with E-state index in [9.17, 15) is 14.0 Å². The molecule has 0 aliphatic heterocycles. The molecule has 0 aliphatic carbocycles. The summed E-state index contributed by atoms with van der Waals surface area (Å²) in [6.07, 6.45) is -2.31. The maximum Gasteiger partial charge on any atom is 0.358 e. The van der Waals surface area contributed by atoms with Crippen LogP contribution in [0.2, 0.25) is 5.02 Å². The first-order valence-corrected chi connectivity index (χ1v) is 6.15. The van der Waals surface area contributed by atoms with Crippen LogP contribution in [0.5, 0.6) is 0 Å². The van der Waals surface area contributed by atoms with Crippen LogP contribution in [-0.2, 0) is 14.3 Å². The highest BCUT2D eigenvalue weighted by Gasteiger charge is 2.20. The monoisotopic (exact) mass is 354 g/mol. The lowest BCUT2D eigenvalue weighted by Gasteiger charge is -2.12. The lowest BCUT2D eigenvalue weighted by Crippen LogP contribution is -2.20. The van der Waals surface area contributed by atoms with E-state index in [-0.39, 0.29) is 15.3 Å². The zero-order valence-corrected chi connectivity index (χ0v) is 12.3. The minimum Gasteiger partial charge on any atom is -0.469 e. The van der Waals surface area contributed by atoms with Gasteiger partial charge in [0.15, 0.2) is 11.5 Å². The normalized spacial score (nSPS) is 14.3. The third-order valence-corrected chi connectivity index (χ3v) is 2.81. The molecule has 1 aromatic rings. The van der Waals surface area contributed by atoms with Crippen molar-refractivity contribution in [2.24, 2.45) is 0 Å². The van der Waals surface area contributed by atoms with Crippen LogP contribution in [0.3, 0.4) is 0 Å². The molecule has 1 rings (SSSR count). The number of methoxy groups -OCH3 is 1. The zero-order chi connectivity index (χ0) is 15.5. The van der Waals surface area contributed by atoms with E-state index >= 15 is 0 Å². The van der Waals surface area contributed by atoms with Crippen molar-refractivity contribution in [3.8, 4) is 0 Å². The molecule has 0 fully saturated rings. The Morgan fingerprint density at radius 1 is 1.68 bits per heavy atom. The van der Waals surface area contributed by atoms with Crippen LogP contribution >= 0.6 is 27.5 Å². The van der Waals surface area contributed by atoms with Gasteiger partial charge >= 0.3 is 11.9 Å². The summed E-state index contributed by atoms with van der Waals surface area (Å²) in [5.74, 6) is -2.50. The van der Waals surface area contributed by atoms with E-state index in [2.05, 4.69) is 25.7 Å². The summed E-state index contributed by atoms with van der Waals surface area (Å²) in [6.45, 7) is 1.20. The Labute approximate surface area is 123 Å². The summed E-state index contributed by atoms with van der Waals surface area (Å²) >= 11 is 8.49. The van der Waals surface area contributed by atoms with E-state index in [0.29, 0.717) is 0 Å². The molecular weight excluding hydrogens is 344 g/mol. The van der Waals surface area contributed by atoms with Crippen LogP contribution in [0.25, 0.3) is 0 Å². The molecule has 1 atom stereocenters. The molecular formula is C11H10BrClFNO4. The molecule has 8 heteroatoms. The molecule has 0 saturated heterocycles. The molecule has 1 aromatic heterocycles. The Morgan fingerprint density at radius 3 is 2.89 bits per heavy atom. The third kappa shape index (κ3) is 4.43. The second-order valence-electron chi connectivity index (χ2n) is 3.44. The van der Waals surface area contributed by atoms with Gasteiger partial charge in [-0.05, 0) is 28.9 Å². The lowest BCUT2D eigenvalue weighted by molar-refractivity contribution is -0.142. The van der Waals surface area contributed by atoms with Gasteiger partial charge in [0.05, 0.1) is 19.9 Å². The molecule has 5 nitrogen and oxygen atoms in total. The molecule has 0 radical (unpaired) electrons. The van der Waals surface area contributed by atoms with Crippen LogP contribution in [0.4, 0.5) is 4.39 Å².